The Morgan fingerprint density at radius 3 is 2.78 bits per heavy atom. The van der Waals surface area contributed by atoms with E-state index in [1.54, 1.807) is 0 Å². The first-order valence-electron chi connectivity index (χ1n) is 7.62. The molecular weight excluding hydrogens is 329 g/mol. The lowest BCUT2D eigenvalue weighted by Gasteiger charge is -2.23. The van der Waals surface area contributed by atoms with Gasteiger partial charge in [-0.25, -0.2) is 0 Å². The number of aryl methyl sites for hydroxylation is 2. The molecule has 0 bridgehead atoms. The van der Waals surface area contributed by atoms with Gasteiger partial charge in [0.25, 0.3) is 5.91 Å². The molecular formula is C15H17F3N2O2S. The lowest BCUT2D eigenvalue weighted by molar-refractivity contribution is -0.140. The Balaban J connectivity index is 1.68. The second-order valence-electron chi connectivity index (χ2n) is 5.90. The molecule has 8 heteroatoms. The van der Waals surface area contributed by atoms with Gasteiger partial charge in [-0.05, 0) is 43.7 Å². The van der Waals surface area contributed by atoms with Crippen molar-refractivity contribution in [2.24, 2.45) is 0 Å². The minimum absolute atomic E-state index is 0.242. The molecule has 1 aromatic heterocycles. The lowest BCUT2D eigenvalue weighted by atomic mass is 10.2. The number of nitrogens with one attached hydrogen (secondary N) is 1. The fourth-order valence-electron chi connectivity index (χ4n) is 3.16. The summed E-state index contributed by atoms with van der Waals surface area (Å²) in [6.07, 6.45) is -0.377. The monoisotopic (exact) mass is 346 g/mol. The van der Waals surface area contributed by atoms with Gasteiger partial charge in [0.2, 0.25) is 5.91 Å². The van der Waals surface area contributed by atoms with Crippen molar-refractivity contribution in [3.05, 3.63) is 21.4 Å². The van der Waals surface area contributed by atoms with Crippen molar-refractivity contribution in [2.45, 2.75) is 44.3 Å². The topological polar surface area (TPSA) is 49.4 Å². The largest absolute Gasteiger partial charge is 0.405 e. The molecule has 1 aromatic rings. The number of hydrogen-bond donors (Lipinski definition) is 1. The Morgan fingerprint density at radius 1 is 1.30 bits per heavy atom. The quantitative estimate of drug-likeness (QED) is 0.914. The normalized spacial score (nSPS) is 20.7. The van der Waals surface area contributed by atoms with Gasteiger partial charge in [-0.3, -0.25) is 9.59 Å². The molecule has 23 heavy (non-hydrogen) atoms. The van der Waals surface area contributed by atoms with Crippen LogP contribution in [0, 0.1) is 0 Å². The lowest BCUT2D eigenvalue weighted by Crippen LogP contribution is -2.47. The standard InChI is InChI=1S/C15H17F3N2O2S/c16-15(17,18)8-19-13(21)10-4-2-6-20(10)14(22)12-7-9-3-1-5-11(9)23-12/h7,10H,1-6,8H2,(H,19,21)/t10-/m0/s1. The van der Waals surface area contributed by atoms with E-state index in [-0.39, 0.29) is 5.91 Å². The Kier molecular flexibility index (Phi) is 4.35. The summed E-state index contributed by atoms with van der Waals surface area (Å²) in [5, 5.41) is 1.89. The van der Waals surface area contributed by atoms with Crippen LogP contribution >= 0.6 is 11.3 Å². The van der Waals surface area contributed by atoms with Gasteiger partial charge in [0.15, 0.2) is 0 Å². The Hall–Kier alpha value is -1.57. The number of carbonyl (C=O) groups is 2. The number of fused-ring (bicyclic) bond motifs is 1. The van der Waals surface area contributed by atoms with Crippen molar-refractivity contribution in [3.63, 3.8) is 0 Å². The van der Waals surface area contributed by atoms with Gasteiger partial charge < -0.3 is 10.2 Å². The molecule has 3 rings (SSSR count). The van der Waals surface area contributed by atoms with E-state index in [1.165, 1.54) is 26.7 Å². The van der Waals surface area contributed by atoms with E-state index in [0.29, 0.717) is 24.3 Å². The number of thiophene rings is 1. The second-order valence-corrected chi connectivity index (χ2v) is 7.04. The highest BCUT2D eigenvalue weighted by Crippen LogP contribution is 2.32. The number of alkyl halides is 3. The number of hydrogen-bond acceptors (Lipinski definition) is 3. The first kappa shape index (κ1) is 16.3. The number of carbonyl (C=O) groups excluding carboxylic acids is 2. The highest BCUT2D eigenvalue weighted by Gasteiger charge is 2.37. The second kappa shape index (κ2) is 6.14. The van der Waals surface area contributed by atoms with Gasteiger partial charge in [-0.15, -0.1) is 11.3 Å². The van der Waals surface area contributed by atoms with E-state index in [2.05, 4.69) is 0 Å². The van der Waals surface area contributed by atoms with E-state index >= 15 is 0 Å². The number of halogens is 3. The molecule has 0 radical (unpaired) electrons. The molecule has 2 heterocycles. The highest BCUT2D eigenvalue weighted by atomic mass is 32.1. The maximum absolute atomic E-state index is 12.6. The molecule has 1 saturated heterocycles. The van der Waals surface area contributed by atoms with Gasteiger partial charge >= 0.3 is 6.18 Å². The molecule has 0 unspecified atom stereocenters. The van der Waals surface area contributed by atoms with E-state index in [0.717, 1.165) is 19.3 Å². The summed E-state index contributed by atoms with van der Waals surface area (Å²) in [5.41, 5.74) is 1.19. The van der Waals surface area contributed by atoms with E-state index < -0.39 is 24.7 Å². The molecule has 1 atom stereocenters. The van der Waals surface area contributed by atoms with Crippen molar-refractivity contribution >= 4 is 23.2 Å². The molecule has 1 N–H and O–H groups in total. The third kappa shape index (κ3) is 3.52. The Bertz CT molecular complexity index is 605. The van der Waals surface area contributed by atoms with Crippen LogP contribution in [0.25, 0.3) is 0 Å². The van der Waals surface area contributed by atoms with Crippen LogP contribution in [0.2, 0.25) is 0 Å². The Labute approximate surface area is 135 Å². The first-order valence-corrected chi connectivity index (χ1v) is 8.44. The fourth-order valence-corrected chi connectivity index (χ4v) is 4.37. The maximum Gasteiger partial charge on any atom is 0.405 e. The van der Waals surface area contributed by atoms with Crippen molar-refractivity contribution in [2.75, 3.05) is 13.1 Å². The molecule has 1 fully saturated rings. The number of rotatable bonds is 3. The predicted octanol–water partition coefficient (Wildman–Crippen LogP) is 2.52. The molecule has 2 aliphatic rings. The number of likely N-dealkylation sites (tertiary alicyclic amines) is 1. The van der Waals surface area contributed by atoms with Crippen molar-refractivity contribution in [1.82, 2.24) is 10.2 Å². The molecule has 0 aromatic carbocycles. The highest BCUT2D eigenvalue weighted by molar-refractivity contribution is 7.14. The van der Waals surface area contributed by atoms with Gasteiger partial charge in [-0.2, -0.15) is 13.2 Å². The average molecular weight is 346 g/mol. The van der Waals surface area contributed by atoms with Crippen molar-refractivity contribution in [1.29, 1.82) is 0 Å². The predicted molar refractivity (Wildman–Crippen MR) is 79.5 cm³/mol. The zero-order valence-corrected chi connectivity index (χ0v) is 13.2. The molecule has 0 saturated carbocycles. The van der Waals surface area contributed by atoms with E-state index in [4.69, 9.17) is 0 Å². The molecule has 1 aliphatic heterocycles. The summed E-state index contributed by atoms with van der Waals surface area (Å²) in [6.45, 7) is -0.955. The van der Waals surface area contributed by atoms with E-state index in [9.17, 15) is 22.8 Å². The summed E-state index contributed by atoms with van der Waals surface area (Å²) in [6, 6.07) is 1.07. The summed E-state index contributed by atoms with van der Waals surface area (Å²) in [5.74, 6) is -0.966. The number of nitrogens with zero attached hydrogens (tertiary/aromatic N) is 1. The molecule has 4 nitrogen and oxygen atoms in total. The SMILES string of the molecule is O=C(NCC(F)(F)F)[C@@H]1CCCN1C(=O)c1cc2c(s1)CCC2. The zero-order valence-electron chi connectivity index (χ0n) is 12.4. The third-order valence-corrected chi connectivity index (χ3v) is 5.46. The molecule has 0 spiro atoms. The number of amides is 2. The van der Waals surface area contributed by atoms with Crippen molar-refractivity contribution in [3.8, 4) is 0 Å². The van der Waals surface area contributed by atoms with Crippen molar-refractivity contribution < 1.29 is 22.8 Å². The summed E-state index contributed by atoms with van der Waals surface area (Å²) < 4.78 is 36.7. The third-order valence-electron chi connectivity index (χ3n) is 4.24. The minimum atomic E-state index is -4.45. The van der Waals surface area contributed by atoms with Gasteiger partial charge in [0.05, 0.1) is 4.88 Å². The average Bonchev–Trinajstić information content (AvgIpc) is 3.17. The van der Waals surface area contributed by atoms with Gasteiger partial charge in [-0.1, -0.05) is 0 Å². The molecule has 126 valence electrons. The summed E-state index contributed by atoms with van der Waals surface area (Å²) in [4.78, 5) is 27.8. The molecule has 1 aliphatic carbocycles. The zero-order chi connectivity index (χ0) is 16.6. The van der Waals surface area contributed by atoms with Crippen LogP contribution in [-0.2, 0) is 17.6 Å². The van der Waals surface area contributed by atoms with Gasteiger partial charge in [0.1, 0.15) is 12.6 Å². The van der Waals surface area contributed by atoms with Crippen LogP contribution < -0.4 is 5.32 Å². The van der Waals surface area contributed by atoms with Crippen LogP contribution in [0.15, 0.2) is 6.07 Å². The minimum Gasteiger partial charge on any atom is -0.345 e. The van der Waals surface area contributed by atoms with Crippen LogP contribution in [0.3, 0.4) is 0 Å². The maximum atomic E-state index is 12.6. The Morgan fingerprint density at radius 2 is 2.09 bits per heavy atom. The van der Waals surface area contributed by atoms with Gasteiger partial charge in [0, 0.05) is 11.4 Å². The van der Waals surface area contributed by atoms with E-state index in [1.807, 2.05) is 11.4 Å². The van der Waals surface area contributed by atoms with Crippen LogP contribution in [0.5, 0.6) is 0 Å². The summed E-state index contributed by atoms with van der Waals surface area (Å²) >= 11 is 1.45. The smallest absolute Gasteiger partial charge is 0.345 e. The molecule has 2 amide bonds. The van der Waals surface area contributed by atoms with Crippen LogP contribution in [0.1, 0.15) is 39.4 Å². The van der Waals surface area contributed by atoms with Crippen LogP contribution in [0.4, 0.5) is 13.2 Å². The first-order chi connectivity index (χ1) is 10.8. The van der Waals surface area contributed by atoms with Crippen LogP contribution in [-0.4, -0.2) is 42.0 Å². The fraction of sp³-hybridized carbons (Fsp3) is 0.600. The summed E-state index contributed by atoms with van der Waals surface area (Å²) in [7, 11) is 0.